The van der Waals surface area contributed by atoms with Crippen LogP contribution in [0, 0.1) is 10.2 Å². The highest BCUT2D eigenvalue weighted by Crippen LogP contribution is 2.19. The summed E-state index contributed by atoms with van der Waals surface area (Å²) in [7, 11) is -4.94. The Hall–Kier alpha value is -0.690. The van der Waals surface area contributed by atoms with Crippen LogP contribution < -0.4 is 18.6 Å². The van der Waals surface area contributed by atoms with Crippen molar-refractivity contribution in [2.45, 2.75) is 65.8 Å². The van der Waals surface area contributed by atoms with Crippen LogP contribution in [0.3, 0.4) is 0 Å². The summed E-state index contributed by atoms with van der Waals surface area (Å²) >= 11 is 0. The molecule has 0 aliphatic heterocycles. The summed E-state index contributed by atoms with van der Waals surface area (Å²) in [5.74, 6) is 0. The molecule has 0 fully saturated rings. The molecule has 0 heterocycles. The lowest BCUT2D eigenvalue weighted by Crippen LogP contribution is -2.68. The molecule has 0 saturated carbocycles. The standard InChI is InChI=1S/C19H34N.ClHO4/c1-4-7-15-20(16-8-5-2,17-9-6-3)18-19-13-11-10-12-14-19;2-1(3,4)5/h10-14H,4-9,15-18H2,1-3H3;(H,2,3,4,5)/q+1;/p-1. The monoisotopic (exact) mass is 375 g/mol. The van der Waals surface area contributed by atoms with Crippen LogP contribution in [-0.4, -0.2) is 24.1 Å². The Kier molecular flexibility index (Phi) is 13.1. The summed E-state index contributed by atoms with van der Waals surface area (Å²) < 4.78 is 35.3. The maximum atomic E-state index is 8.49. The normalized spacial score (nSPS) is 11.8. The van der Waals surface area contributed by atoms with E-state index in [1.165, 1.54) is 74.8 Å². The van der Waals surface area contributed by atoms with E-state index in [4.69, 9.17) is 18.6 Å². The third kappa shape index (κ3) is 14.2. The van der Waals surface area contributed by atoms with Gasteiger partial charge in [0.25, 0.3) is 0 Å². The van der Waals surface area contributed by atoms with Crippen LogP contribution in [0.4, 0.5) is 0 Å². The molecule has 0 unspecified atom stereocenters. The van der Waals surface area contributed by atoms with Crippen molar-refractivity contribution in [2.24, 2.45) is 0 Å². The van der Waals surface area contributed by atoms with Gasteiger partial charge in [-0.25, -0.2) is 18.6 Å². The van der Waals surface area contributed by atoms with Gasteiger partial charge in [0.15, 0.2) is 0 Å². The van der Waals surface area contributed by atoms with Gasteiger partial charge in [-0.05, 0) is 19.3 Å². The lowest BCUT2D eigenvalue weighted by atomic mass is 10.1. The van der Waals surface area contributed by atoms with Gasteiger partial charge >= 0.3 is 0 Å². The second-order valence-electron chi connectivity index (χ2n) is 6.59. The van der Waals surface area contributed by atoms with Crippen LogP contribution >= 0.6 is 0 Å². The van der Waals surface area contributed by atoms with Crippen molar-refractivity contribution in [3.63, 3.8) is 0 Å². The molecule has 25 heavy (non-hydrogen) atoms. The Morgan fingerprint density at radius 1 is 0.720 bits per heavy atom. The summed E-state index contributed by atoms with van der Waals surface area (Å²) in [6, 6.07) is 11.1. The number of quaternary nitrogens is 1. The predicted molar refractivity (Wildman–Crippen MR) is 89.7 cm³/mol. The van der Waals surface area contributed by atoms with E-state index in [2.05, 4.69) is 51.1 Å². The average Bonchev–Trinajstić information content (AvgIpc) is 2.55. The molecule has 0 radical (unpaired) electrons. The van der Waals surface area contributed by atoms with Crippen LogP contribution in [-0.2, 0) is 6.54 Å². The molecular formula is C19H34ClNO4. The van der Waals surface area contributed by atoms with E-state index in [-0.39, 0.29) is 0 Å². The van der Waals surface area contributed by atoms with Crippen molar-refractivity contribution in [3.8, 4) is 0 Å². The van der Waals surface area contributed by atoms with E-state index in [0.717, 1.165) is 0 Å². The van der Waals surface area contributed by atoms with Crippen LogP contribution in [0.1, 0.15) is 64.9 Å². The van der Waals surface area contributed by atoms with Gasteiger partial charge in [0.2, 0.25) is 0 Å². The lowest BCUT2D eigenvalue weighted by Gasteiger charge is -2.39. The molecule has 146 valence electrons. The predicted octanol–water partition coefficient (Wildman–Crippen LogP) is 0.648. The number of hydrogen-bond acceptors (Lipinski definition) is 4. The van der Waals surface area contributed by atoms with E-state index in [0.29, 0.717) is 0 Å². The molecule has 0 atom stereocenters. The smallest absolute Gasteiger partial charge is 0.104 e. The Morgan fingerprint density at radius 2 is 1.08 bits per heavy atom. The second-order valence-corrected chi connectivity index (χ2v) is 7.35. The maximum absolute atomic E-state index is 8.49. The van der Waals surface area contributed by atoms with Gasteiger partial charge < -0.3 is 4.48 Å². The minimum absolute atomic E-state index is 1.22. The van der Waals surface area contributed by atoms with Crippen molar-refractivity contribution in [1.82, 2.24) is 0 Å². The minimum Gasteiger partial charge on any atom is -0.320 e. The molecule has 1 aromatic rings. The Labute approximate surface area is 155 Å². The van der Waals surface area contributed by atoms with E-state index < -0.39 is 10.2 Å². The van der Waals surface area contributed by atoms with Crippen LogP contribution in [0.15, 0.2) is 30.3 Å². The molecule has 0 aliphatic rings. The second kappa shape index (κ2) is 13.5. The largest absolute Gasteiger partial charge is 0.320 e. The molecule has 0 aliphatic carbocycles. The minimum atomic E-state index is -4.94. The highest BCUT2D eigenvalue weighted by Gasteiger charge is 2.25. The van der Waals surface area contributed by atoms with Gasteiger partial charge in [-0.3, -0.25) is 0 Å². The lowest BCUT2D eigenvalue weighted by molar-refractivity contribution is -2.00. The van der Waals surface area contributed by atoms with Crippen LogP contribution in [0.5, 0.6) is 0 Å². The molecule has 1 aromatic carbocycles. The molecule has 0 saturated heterocycles. The Bertz CT molecular complexity index is 395. The summed E-state index contributed by atoms with van der Waals surface area (Å²) in [6.45, 7) is 12.2. The van der Waals surface area contributed by atoms with Crippen molar-refractivity contribution in [2.75, 3.05) is 19.6 Å². The van der Waals surface area contributed by atoms with Crippen molar-refractivity contribution >= 4 is 0 Å². The van der Waals surface area contributed by atoms with Crippen LogP contribution in [0.2, 0.25) is 0 Å². The molecule has 0 bridgehead atoms. The van der Waals surface area contributed by atoms with Gasteiger partial charge in [-0.1, -0.05) is 70.4 Å². The number of halogens is 1. The number of hydrogen-bond donors (Lipinski definition) is 0. The number of benzene rings is 1. The van der Waals surface area contributed by atoms with Crippen molar-refractivity contribution in [1.29, 1.82) is 0 Å². The third-order valence-corrected chi connectivity index (χ3v) is 4.32. The first-order chi connectivity index (χ1) is 11.8. The molecule has 6 heteroatoms. The Morgan fingerprint density at radius 3 is 1.40 bits per heavy atom. The first-order valence-electron chi connectivity index (χ1n) is 9.27. The summed E-state index contributed by atoms with van der Waals surface area (Å²) in [6.07, 6.45) is 8.02. The average molecular weight is 376 g/mol. The number of nitrogens with zero attached hydrogens (tertiary/aromatic N) is 1. The molecular weight excluding hydrogens is 342 g/mol. The van der Waals surface area contributed by atoms with Gasteiger partial charge in [0.05, 0.1) is 19.6 Å². The van der Waals surface area contributed by atoms with E-state index >= 15 is 0 Å². The molecule has 0 aromatic heterocycles. The van der Waals surface area contributed by atoms with Gasteiger partial charge in [-0.15, -0.1) is 10.2 Å². The zero-order valence-electron chi connectivity index (χ0n) is 15.9. The van der Waals surface area contributed by atoms with Crippen molar-refractivity contribution < 1.29 is 33.4 Å². The van der Waals surface area contributed by atoms with Gasteiger partial charge in [0, 0.05) is 5.56 Å². The molecule has 1 rings (SSSR count). The fourth-order valence-corrected chi connectivity index (χ4v) is 3.02. The fraction of sp³-hybridized carbons (Fsp3) is 0.684. The zero-order valence-corrected chi connectivity index (χ0v) is 16.7. The first kappa shape index (κ1) is 24.3. The Balaban J connectivity index is 0.00000101. The summed E-state index contributed by atoms with van der Waals surface area (Å²) in [5, 5.41) is 0. The number of rotatable bonds is 11. The molecule has 5 nitrogen and oxygen atoms in total. The van der Waals surface area contributed by atoms with E-state index in [1.54, 1.807) is 0 Å². The highest BCUT2D eigenvalue weighted by molar-refractivity contribution is 5.13. The van der Waals surface area contributed by atoms with E-state index in [9.17, 15) is 0 Å². The quantitative estimate of drug-likeness (QED) is 0.531. The topological polar surface area (TPSA) is 92.2 Å². The van der Waals surface area contributed by atoms with E-state index in [1.807, 2.05) is 0 Å². The summed E-state index contributed by atoms with van der Waals surface area (Å²) in [4.78, 5) is 0. The third-order valence-electron chi connectivity index (χ3n) is 4.32. The zero-order chi connectivity index (χ0) is 19.2. The van der Waals surface area contributed by atoms with Gasteiger partial charge in [0.1, 0.15) is 6.54 Å². The van der Waals surface area contributed by atoms with Crippen molar-refractivity contribution in [3.05, 3.63) is 35.9 Å². The SMILES string of the molecule is CCCC[N+](CCCC)(CCCC)Cc1ccccc1.[O-][Cl+3]([O-])([O-])[O-]. The van der Waals surface area contributed by atoms with Crippen LogP contribution in [0.25, 0.3) is 0 Å². The number of unbranched alkanes of at least 4 members (excludes halogenated alkanes) is 3. The molecule has 0 N–H and O–H groups in total. The summed E-state index contributed by atoms with van der Waals surface area (Å²) in [5.41, 5.74) is 1.51. The first-order valence-corrected chi connectivity index (χ1v) is 10.5. The maximum Gasteiger partial charge on any atom is 0.104 e. The highest BCUT2D eigenvalue weighted by atomic mass is 35.7. The molecule has 0 spiro atoms. The van der Waals surface area contributed by atoms with Gasteiger partial charge in [-0.2, -0.15) is 0 Å². The molecule has 0 amide bonds. The fourth-order valence-electron chi connectivity index (χ4n) is 3.02.